The summed E-state index contributed by atoms with van der Waals surface area (Å²) >= 11 is 0. The maximum atomic E-state index is 12.6. The molecule has 4 heteroatoms. The fraction of sp³-hybridized carbons (Fsp3) is 0.409. The van der Waals surface area contributed by atoms with Gasteiger partial charge >= 0.3 is 0 Å². The first kappa shape index (κ1) is 17.1. The molecular formula is C22H26N2O2. The number of aliphatic hydroxyl groups excluding tert-OH is 1. The molecule has 4 nitrogen and oxygen atoms in total. The standard InChI is InChI=1S/C22H26N2O2/c1-3-21(26)24-12-11-17-20(14-25)23(2)19-10-9-16(13-18(19)22(17)24)15-7-5-4-6-8-15/h4-10,13,17,20,22,25H,3,11-12,14H2,1-2H3/t17-,20-,22-/m0/s1. The largest absolute Gasteiger partial charge is 0.394 e. The van der Waals surface area contributed by atoms with E-state index in [9.17, 15) is 9.90 Å². The molecule has 3 atom stereocenters. The molecule has 0 spiro atoms. The van der Waals surface area contributed by atoms with Crippen molar-refractivity contribution in [2.45, 2.75) is 31.8 Å². The highest BCUT2D eigenvalue weighted by Gasteiger charge is 2.47. The fourth-order valence-corrected chi connectivity index (χ4v) is 4.75. The van der Waals surface area contributed by atoms with Gasteiger partial charge in [-0.1, -0.05) is 43.3 Å². The van der Waals surface area contributed by atoms with Crippen LogP contribution in [0.5, 0.6) is 0 Å². The summed E-state index contributed by atoms with van der Waals surface area (Å²) in [6.07, 6.45) is 1.47. The average Bonchev–Trinajstić information content (AvgIpc) is 3.13. The van der Waals surface area contributed by atoms with Crippen LogP contribution in [0.3, 0.4) is 0 Å². The van der Waals surface area contributed by atoms with Crippen LogP contribution < -0.4 is 4.90 Å². The van der Waals surface area contributed by atoms with Crippen molar-refractivity contribution in [3.05, 3.63) is 54.1 Å². The third-order valence-corrected chi connectivity index (χ3v) is 6.08. The molecule has 0 bridgehead atoms. The molecule has 1 N–H and O–H groups in total. The van der Waals surface area contributed by atoms with E-state index in [1.165, 1.54) is 16.7 Å². The summed E-state index contributed by atoms with van der Waals surface area (Å²) in [6.45, 7) is 2.82. The van der Waals surface area contributed by atoms with Crippen molar-refractivity contribution in [1.82, 2.24) is 4.90 Å². The molecule has 2 aromatic carbocycles. The highest BCUT2D eigenvalue weighted by Crippen LogP contribution is 2.49. The first-order chi connectivity index (χ1) is 12.7. The van der Waals surface area contributed by atoms with Crippen LogP contribution in [0, 0.1) is 5.92 Å². The second-order valence-electron chi connectivity index (χ2n) is 7.34. The molecule has 1 fully saturated rings. The van der Waals surface area contributed by atoms with Crippen molar-refractivity contribution in [3.8, 4) is 11.1 Å². The number of nitrogens with zero attached hydrogens (tertiary/aromatic N) is 2. The van der Waals surface area contributed by atoms with Gasteiger partial charge in [-0.15, -0.1) is 0 Å². The van der Waals surface area contributed by atoms with Gasteiger partial charge in [0, 0.05) is 31.6 Å². The molecule has 0 aliphatic carbocycles. The molecule has 4 rings (SSSR count). The summed E-state index contributed by atoms with van der Waals surface area (Å²) in [5.74, 6) is 0.480. The molecule has 2 aromatic rings. The van der Waals surface area contributed by atoms with Crippen LogP contribution in [0.15, 0.2) is 48.5 Å². The van der Waals surface area contributed by atoms with Gasteiger partial charge in [-0.05, 0) is 35.2 Å². The number of rotatable bonds is 3. The Bertz CT molecular complexity index is 805. The lowest BCUT2D eigenvalue weighted by Gasteiger charge is -2.44. The fourth-order valence-electron chi connectivity index (χ4n) is 4.75. The molecule has 136 valence electrons. The van der Waals surface area contributed by atoms with Crippen LogP contribution >= 0.6 is 0 Å². The lowest BCUT2D eigenvalue weighted by Crippen LogP contribution is -2.48. The Hall–Kier alpha value is -2.33. The summed E-state index contributed by atoms with van der Waals surface area (Å²) in [6, 6.07) is 17.0. The van der Waals surface area contributed by atoms with Crippen molar-refractivity contribution < 1.29 is 9.90 Å². The number of likely N-dealkylation sites (tertiary alicyclic amines) is 1. The first-order valence-corrected chi connectivity index (χ1v) is 9.48. The number of aliphatic hydroxyl groups is 1. The minimum absolute atomic E-state index is 0.0599. The third-order valence-electron chi connectivity index (χ3n) is 6.08. The van der Waals surface area contributed by atoms with Crippen LogP contribution in [0.1, 0.15) is 31.4 Å². The molecule has 1 amide bonds. The van der Waals surface area contributed by atoms with Crippen LogP contribution in [0.2, 0.25) is 0 Å². The molecule has 2 heterocycles. The summed E-state index contributed by atoms with van der Waals surface area (Å²) < 4.78 is 0. The van der Waals surface area contributed by atoms with E-state index in [0.29, 0.717) is 6.42 Å². The lowest BCUT2D eigenvalue weighted by atomic mass is 9.81. The second kappa shape index (κ2) is 6.76. The SMILES string of the molecule is CCC(=O)N1CC[C@@H]2[C@H]1c1cc(-c3ccccc3)ccc1N(C)[C@H]2CO. The quantitative estimate of drug-likeness (QED) is 0.922. The smallest absolute Gasteiger partial charge is 0.222 e. The zero-order valence-electron chi connectivity index (χ0n) is 15.4. The van der Waals surface area contributed by atoms with Gasteiger partial charge in [0.1, 0.15) is 0 Å². The highest BCUT2D eigenvalue weighted by molar-refractivity contribution is 5.78. The van der Waals surface area contributed by atoms with Crippen molar-refractivity contribution in [2.75, 3.05) is 25.1 Å². The Kier molecular flexibility index (Phi) is 4.45. The molecule has 26 heavy (non-hydrogen) atoms. The van der Waals surface area contributed by atoms with Gasteiger partial charge in [-0.25, -0.2) is 0 Å². The zero-order valence-corrected chi connectivity index (χ0v) is 15.4. The number of fused-ring (bicyclic) bond motifs is 3. The van der Waals surface area contributed by atoms with Crippen molar-refractivity contribution in [2.24, 2.45) is 5.92 Å². The van der Waals surface area contributed by atoms with Crippen LogP contribution in [-0.2, 0) is 4.79 Å². The lowest BCUT2D eigenvalue weighted by molar-refractivity contribution is -0.132. The number of carbonyl (C=O) groups excluding carboxylic acids is 1. The van der Waals surface area contributed by atoms with E-state index < -0.39 is 0 Å². The normalized spacial score (nSPS) is 24.3. The topological polar surface area (TPSA) is 43.8 Å². The van der Waals surface area contributed by atoms with Crippen molar-refractivity contribution >= 4 is 11.6 Å². The van der Waals surface area contributed by atoms with Gasteiger partial charge in [0.2, 0.25) is 5.91 Å². The molecule has 1 saturated heterocycles. The minimum atomic E-state index is 0.0599. The van der Waals surface area contributed by atoms with Crippen LogP contribution in [0.25, 0.3) is 11.1 Å². The molecule has 0 aromatic heterocycles. The van der Waals surface area contributed by atoms with Crippen molar-refractivity contribution in [3.63, 3.8) is 0 Å². The van der Waals surface area contributed by atoms with Gasteiger partial charge < -0.3 is 14.9 Å². The maximum absolute atomic E-state index is 12.6. The van der Waals surface area contributed by atoms with Crippen molar-refractivity contribution in [1.29, 1.82) is 0 Å². The Labute approximate surface area is 155 Å². The van der Waals surface area contributed by atoms with Gasteiger partial charge in [0.05, 0.1) is 18.7 Å². The zero-order chi connectivity index (χ0) is 18.3. The predicted octanol–water partition coefficient (Wildman–Crippen LogP) is 3.46. The Balaban J connectivity index is 1.84. The van der Waals surface area contributed by atoms with E-state index in [0.717, 1.165) is 18.7 Å². The Morgan fingerprint density at radius 2 is 1.92 bits per heavy atom. The number of carbonyl (C=O) groups is 1. The number of hydrogen-bond acceptors (Lipinski definition) is 3. The van der Waals surface area contributed by atoms with E-state index in [4.69, 9.17) is 0 Å². The summed E-state index contributed by atoms with van der Waals surface area (Å²) in [7, 11) is 2.06. The van der Waals surface area contributed by atoms with Gasteiger partial charge in [0.15, 0.2) is 0 Å². The predicted molar refractivity (Wildman–Crippen MR) is 104 cm³/mol. The van der Waals surface area contributed by atoms with E-state index in [1.807, 2.05) is 30.0 Å². The molecule has 2 aliphatic rings. The Morgan fingerprint density at radius 1 is 1.15 bits per heavy atom. The molecule has 0 unspecified atom stereocenters. The average molecular weight is 350 g/mol. The molecule has 0 radical (unpaired) electrons. The van der Waals surface area contributed by atoms with Gasteiger partial charge in [-0.2, -0.15) is 0 Å². The summed E-state index contributed by atoms with van der Waals surface area (Å²) in [4.78, 5) is 16.8. The number of benzene rings is 2. The van der Waals surface area contributed by atoms with E-state index in [1.54, 1.807) is 0 Å². The Morgan fingerprint density at radius 3 is 2.62 bits per heavy atom. The van der Waals surface area contributed by atoms with Crippen LogP contribution in [0.4, 0.5) is 5.69 Å². The number of likely N-dealkylation sites (N-methyl/N-ethyl adjacent to an activating group) is 1. The first-order valence-electron chi connectivity index (χ1n) is 9.48. The maximum Gasteiger partial charge on any atom is 0.222 e. The minimum Gasteiger partial charge on any atom is -0.394 e. The monoisotopic (exact) mass is 350 g/mol. The van der Waals surface area contributed by atoms with Gasteiger partial charge in [0.25, 0.3) is 0 Å². The highest BCUT2D eigenvalue weighted by atomic mass is 16.3. The number of hydrogen-bond donors (Lipinski definition) is 1. The summed E-state index contributed by atoms with van der Waals surface area (Å²) in [5.41, 5.74) is 4.70. The van der Waals surface area contributed by atoms with E-state index in [2.05, 4.69) is 42.3 Å². The second-order valence-corrected chi connectivity index (χ2v) is 7.34. The third kappa shape index (κ3) is 2.60. The molecule has 0 saturated carbocycles. The molecular weight excluding hydrogens is 324 g/mol. The van der Waals surface area contributed by atoms with E-state index >= 15 is 0 Å². The number of anilines is 1. The van der Waals surface area contributed by atoms with E-state index in [-0.39, 0.29) is 30.5 Å². The molecule has 2 aliphatic heterocycles. The summed E-state index contributed by atoms with van der Waals surface area (Å²) in [5, 5.41) is 10.0. The van der Waals surface area contributed by atoms with Gasteiger partial charge in [-0.3, -0.25) is 4.79 Å². The van der Waals surface area contributed by atoms with Crippen LogP contribution in [-0.4, -0.2) is 42.2 Å². The number of amides is 1.